The molecule has 0 aromatic heterocycles. The highest BCUT2D eigenvalue weighted by Gasteiger charge is 2.20. The van der Waals surface area contributed by atoms with E-state index in [0.717, 1.165) is 37.8 Å². The monoisotopic (exact) mass is 313 g/mol. The highest BCUT2D eigenvalue weighted by atomic mass is 32.2. The molecule has 1 aromatic carbocycles. The van der Waals surface area contributed by atoms with Gasteiger partial charge in [-0.05, 0) is 31.0 Å². The van der Waals surface area contributed by atoms with E-state index in [4.69, 9.17) is 5.11 Å². The van der Waals surface area contributed by atoms with Crippen LogP contribution in [0.25, 0.3) is 0 Å². The molecule has 0 radical (unpaired) electrons. The highest BCUT2D eigenvalue weighted by molar-refractivity contribution is 7.85. The fourth-order valence-electron chi connectivity index (χ4n) is 2.35. The Morgan fingerprint density at radius 3 is 2.62 bits per heavy atom. The quantitative estimate of drug-likeness (QED) is 0.866. The van der Waals surface area contributed by atoms with Crippen molar-refractivity contribution in [2.24, 2.45) is 0 Å². The minimum atomic E-state index is -1.69. The van der Waals surface area contributed by atoms with Crippen molar-refractivity contribution >= 4 is 22.7 Å². The van der Waals surface area contributed by atoms with Crippen molar-refractivity contribution < 1.29 is 23.3 Å². The molecule has 1 saturated carbocycles. The predicted molar refractivity (Wildman–Crippen MR) is 75.0 cm³/mol. The third-order valence-electron chi connectivity index (χ3n) is 3.41. The zero-order valence-electron chi connectivity index (χ0n) is 11.3. The molecular formula is C14H16FNO4S. The Morgan fingerprint density at radius 1 is 1.33 bits per heavy atom. The summed E-state index contributed by atoms with van der Waals surface area (Å²) in [5.74, 6) is -2.90. The largest absolute Gasteiger partial charge is 0.478 e. The first-order valence-electron chi connectivity index (χ1n) is 6.68. The third kappa shape index (κ3) is 4.10. The molecule has 1 aliphatic carbocycles. The second-order valence-corrected chi connectivity index (χ2v) is 6.44. The Labute approximate surface area is 124 Å². The van der Waals surface area contributed by atoms with Crippen LogP contribution in [0.5, 0.6) is 0 Å². The number of halogens is 1. The normalized spacial score (nSPS) is 16.6. The van der Waals surface area contributed by atoms with Gasteiger partial charge in [0, 0.05) is 10.9 Å². The smallest absolute Gasteiger partial charge is 0.338 e. The van der Waals surface area contributed by atoms with Gasteiger partial charge in [0.25, 0.3) is 0 Å². The molecule has 0 heterocycles. The lowest BCUT2D eigenvalue weighted by molar-refractivity contribution is -0.119. The van der Waals surface area contributed by atoms with Gasteiger partial charge in [-0.25, -0.2) is 9.18 Å². The molecule has 7 heteroatoms. The first-order chi connectivity index (χ1) is 9.97. The summed E-state index contributed by atoms with van der Waals surface area (Å²) >= 11 is 0. The molecular weight excluding hydrogens is 297 g/mol. The van der Waals surface area contributed by atoms with Crippen molar-refractivity contribution in [3.63, 3.8) is 0 Å². The molecule has 1 amide bonds. The van der Waals surface area contributed by atoms with E-state index in [1.54, 1.807) is 0 Å². The Kier molecular flexibility index (Phi) is 5.06. The van der Waals surface area contributed by atoms with Gasteiger partial charge in [-0.15, -0.1) is 0 Å². The van der Waals surface area contributed by atoms with E-state index in [-0.39, 0.29) is 22.6 Å². The molecule has 0 saturated heterocycles. The van der Waals surface area contributed by atoms with Crippen molar-refractivity contribution in [1.82, 2.24) is 5.32 Å². The average Bonchev–Trinajstić information content (AvgIpc) is 2.91. The molecule has 1 unspecified atom stereocenters. The number of carboxylic acid groups (broad SMARTS) is 1. The molecule has 1 atom stereocenters. The van der Waals surface area contributed by atoms with Gasteiger partial charge in [-0.2, -0.15) is 0 Å². The summed E-state index contributed by atoms with van der Waals surface area (Å²) in [6.45, 7) is 0. The average molecular weight is 313 g/mol. The van der Waals surface area contributed by atoms with Crippen LogP contribution in [0.1, 0.15) is 36.0 Å². The molecule has 2 N–H and O–H groups in total. The van der Waals surface area contributed by atoms with Crippen molar-refractivity contribution in [3.8, 4) is 0 Å². The zero-order chi connectivity index (χ0) is 15.4. The van der Waals surface area contributed by atoms with Crippen molar-refractivity contribution in [3.05, 3.63) is 29.6 Å². The maximum absolute atomic E-state index is 13.3. The van der Waals surface area contributed by atoms with Crippen LogP contribution < -0.4 is 5.32 Å². The van der Waals surface area contributed by atoms with E-state index >= 15 is 0 Å². The molecule has 5 nitrogen and oxygen atoms in total. The van der Waals surface area contributed by atoms with E-state index in [1.807, 2.05) is 0 Å². The molecule has 2 rings (SSSR count). The standard InChI is InChI=1S/C14H16FNO4S/c15-12-6-5-10(7-11(12)14(18)19)21(20)8-13(17)16-9-3-1-2-4-9/h5-7,9H,1-4,8H2,(H,16,17)(H,18,19). The fourth-order valence-corrected chi connectivity index (χ4v) is 3.31. The van der Waals surface area contributed by atoms with Gasteiger partial charge < -0.3 is 10.4 Å². The van der Waals surface area contributed by atoms with Gasteiger partial charge in [0.15, 0.2) is 0 Å². The Hall–Kier alpha value is -1.76. The third-order valence-corrected chi connectivity index (χ3v) is 4.72. The minimum absolute atomic E-state index is 0.135. The molecule has 21 heavy (non-hydrogen) atoms. The number of rotatable bonds is 5. The summed E-state index contributed by atoms with van der Waals surface area (Å²) < 4.78 is 25.3. The number of hydrogen-bond acceptors (Lipinski definition) is 3. The molecule has 0 bridgehead atoms. The second-order valence-electron chi connectivity index (χ2n) is 4.99. The molecule has 0 aliphatic heterocycles. The molecule has 1 fully saturated rings. The number of carbonyl (C=O) groups is 2. The summed E-state index contributed by atoms with van der Waals surface area (Å²) in [6, 6.07) is 3.33. The predicted octanol–water partition coefficient (Wildman–Crippen LogP) is 1.69. The fraction of sp³-hybridized carbons (Fsp3) is 0.429. The van der Waals surface area contributed by atoms with E-state index in [9.17, 15) is 18.2 Å². The lowest BCUT2D eigenvalue weighted by Crippen LogP contribution is -2.35. The number of hydrogen-bond donors (Lipinski definition) is 2. The van der Waals surface area contributed by atoms with Crippen LogP contribution in [0.15, 0.2) is 23.1 Å². The van der Waals surface area contributed by atoms with Gasteiger partial charge in [-0.3, -0.25) is 9.00 Å². The number of benzene rings is 1. The number of amides is 1. The van der Waals surface area contributed by atoms with Gasteiger partial charge in [-0.1, -0.05) is 12.8 Å². The number of carboxylic acids is 1. The Morgan fingerprint density at radius 2 is 2.00 bits per heavy atom. The van der Waals surface area contributed by atoms with E-state index in [2.05, 4.69) is 5.32 Å². The van der Waals surface area contributed by atoms with Crippen molar-refractivity contribution in [2.45, 2.75) is 36.6 Å². The SMILES string of the molecule is O=C(CS(=O)c1ccc(F)c(C(=O)O)c1)NC1CCCC1. The van der Waals surface area contributed by atoms with E-state index in [0.29, 0.717) is 0 Å². The lowest BCUT2D eigenvalue weighted by atomic mass is 10.2. The maximum atomic E-state index is 13.3. The Bertz CT molecular complexity index is 584. The highest BCUT2D eigenvalue weighted by Crippen LogP contribution is 2.18. The van der Waals surface area contributed by atoms with Gasteiger partial charge >= 0.3 is 5.97 Å². The van der Waals surface area contributed by atoms with Crippen LogP contribution >= 0.6 is 0 Å². The maximum Gasteiger partial charge on any atom is 0.338 e. The van der Waals surface area contributed by atoms with Crippen LogP contribution in [0.2, 0.25) is 0 Å². The van der Waals surface area contributed by atoms with Crippen LogP contribution in [-0.4, -0.2) is 33.0 Å². The van der Waals surface area contributed by atoms with Gasteiger partial charge in [0.05, 0.1) is 16.4 Å². The first kappa shape index (κ1) is 15.6. The number of carbonyl (C=O) groups excluding carboxylic acids is 1. The van der Waals surface area contributed by atoms with Crippen LogP contribution in [-0.2, 0) is 15.6 Å². The summed E-state index contributed by atoms with van der Waals surface area (Å²) in [5, 5.41) is 11.6. The molecule has 1 aromatic rings. The zero-order valence-corrected chi connectivity index (χ0v) is 12.1. The van der Waals surface area contributed by atoms with Crippen LogP contribution in [0.4, 0.5) is 4.39 Å². The second kappa shape index (κ2) is 6.80. The van der Waals surface area contributed by atoms with Crippen molar-refractivity contribution in [2.75, 3.05) is 5.75 Å². The number of aromatic carboxylic acids is 1. The molecule has 0 spiro atoms. The summed E-state index contributed by atoms with van der Waals surface area (Å²) in [7, 11) is -1.69. The minimum Gasteiger partial charge on any atom is -0.478 e. The van der Waals surface area contributed by atoms with Crippen LogP contribution in [0, 0.1) is 5.82 Å². The first-order valence-corrected chi connectivity index (χ1v) is 8.00. The van der Waals surface area contributed by atoms with Gasteiger partial charge in [0.1, 0.15) is 11.6 Å². The van der Waals surface area contributed by atoms with E-state index in [1.165, 1.54) is 6.07 Å². The lowest BCUT2D eigenvalue weighted by Gasteiger charge is -2.11. The number of nitrogens with one attached hydrogen (secondary N) is 1. The summed E-state index contributed by atoms with van der Waals surface area (Å²) in [4.78, 5) is 22.7. The van der Waals surface area contributed by atoms with Gasteiger partial charge in [0.2, 0.25) is 5.91 Å². The van der Waals surface area contributed by atoms with E-state index < -0.39 is 28.1 Å². The Balaban J connectivity index is 2.01. The van der Waals surface area contributed by atoms with Crippen LogP contribution in [0.3, 0.4) is 0 Å². The molecule has 1 aliphatic rings. The summed E-state index contributed by atoms with van der Waals surface area (Å²) in [5.41, 5.74) is -0.544. The summed E-state index contributed by atoms with van der Waals surface area (Å²) in [6.07, 6.45) is 4.01. The molecule has 114 valence electrons. The topological polar surface area (TPSA) is 83.5 Å². The van der Waals surface area contributed by atoms with Crippen molar-refractivity contribution in [1.29, 1.82) is 0 Å².